The molecule has 0 aromatic heterocycles. The van der Waals surface area contributed by atoms with Crippen molar-refractivity contribution in [2.45, 2.75) is 40.0 Å². The fraction of sp³-hybridized carbons (Fsp3) is 0.400. The van der Waals surface area contributed by atoms with Gasteiger partial charge in [0, 0.05) is 12.3 Å². The molecule has 0 saturated heterocycles. The van der Waals surface area contributed by atoms with E-state index in [0.29, 0.717) is 0 Å². The lowest BCUT2D eigenvalue weighted by Crippen LogP contribution is -2.25. The summed E-state index contributed by atoms with van der Waals surface area (Å²) in [5.74, 6) is -1.87. The molecule has 0 aliphatic carbocycles. The molecular formula is C20H24O3. The Bertz CT molecular complexity index is 731. The van der Waals surface area contributed by atoms with Gasteiger partial charge in [0.05, 0.1) is 5.92 Å². The molecule has 0 spiro atoms. The molecule has 0 saturated carbocycles. The summed E-state index contributed by atoms with van der Waals surface area (Å²) in [6.07, 6.45) is 0.0834. The summed E-state index contributed by atoms with van der Waals surface area (Å²) in [6.45, 7) is 7.60. The van der Waals surface area contributed by atoms with Gasteiger partial charge in [-0.1, -0.05) is 62.7 Å². The lowest BCUT2D eigenvalue weighted by atomic mass is 9.85. The van der Waals surface area contributed by atoms with E-state index < -0.39 is 11.9 Å². The van der Waals surface area contributed by atoms with Crippen molar-refractivity contribution in [2.24, 2.45) is 11.8 Å². The smallest absolute Gasteiger partial charge is 0.307 e. The highest BCUT2D eigenvalue weighted by molar-refractivity contribution is 5.91. The molecule has 122 valence electrons. The summed E-state index contributed by atoms with van der Waals surface area (Å²) < 4.78 is 0. The number of carbonyl (C=O) groups excluding carboxylic acids is 1. The number of fused-ring (bicyclic) bond motifs is 1. The zero-order valence-corrected chi connectivity index (χ0v) is 14.2. The third-order valence-electron chi connectivity index (χ3n) is 4.55. The predicted octanol–water partition coefficient (Wildman–Crippen LogP) is 4.57. The highest BCUT2D eigenvalue weighted by Crippen LogP contribution is 2.26. The van der Waals surface area contributed by atoms with E-state index in [1.807, 2.05) is 39.0 Å². The average molecular weight is 312 g/mol. The Morgan fingerprint density at radius 1 is 1.00 bits per heavy atom. The molecule has 0 aliphatic heterocycles. The van der Waals surface area contributed by atoms with E-state index in [2.05, 4.69) is 25.1 Å². The molecular weight excluding hydrogens is 288 g/mol. The number of Topliss-reactive ketones (excluding diaryl/α,β-unsaturated/α-hetero) is 1. The fourth-order valence-corrected chi connectivity index (χ4v) is 2.84. The van der Waals surface area contributed by atoms with Crippen LogP contribution in [0.4, 0.5) is 0 Å². The largest absolute Gasteiger partial charge is 0.481 e. The van der Waals surface area contributed by atoms with Crippen LogP contribution in [0.25, 0.3) is 10.8 Å². The van der Waals surface area contributed by atoms with Crippen LogP contribution in [0, 0.1) is 18.8 Å². The van der Waals surface area contributed by atoms with E-state index in [9.17, 15) is 14.7 Å². The maximum Gasteiger partial charge on any atom is 0.307 e. The number of carboxylic acids is 1. The van der Waals surface area contributed by atoms with Crippen molar-refractivity contribution < 1.29 is 14.7 Å². The Labute approximate surface area is 137 Å². The van der Waals surface area contributed by atoms with Gasteiger partial charge < -0.3 is 5.11 Å². The molecule has 2 aromatic rings. The van der Waals surface area contributed by atoms with Gasteiger partial charge in [-0.25, -0.2) is 0 Å². The number of aliphatic carboxylic acids is 1. The third kappa shape index (κ3) is 3.98. The maximum atomic E-state index is 12.5. The number of ketones is 1. The van der Waals surface area contributed by atoms with Gasteiger partial charge in [0.2, 0.25) is 0 Å². The summed E-state index contributed by atoms with van der Waals surface area (Å²) in [5.41, 5.74) is 2.15. The molecule has 2 atom stereocenters. The van der Waals surface area contributed by atoms with E-state index in [1.54, 1.807) is 0 Å². The van der Waals surface area contributed by atoms with Gasteiger partial charge in [-0.15, -0.1) is 0 Å². The standard InChI is InChI=1S/C20H24O3/c1-12(2)18(20(22)23)11-19(21)14(4)15-7-8-16-9-13(3)5-6-17(16)10-15/h5-10,12,14,18H,11H2,1-4H3,(H,22,23)/t14-,18-/m0/s1. The monoisotopic (exact) mass is 312 g/mol. The van der Waals surface area contributed by atoms with Crippen LogP contribution >= 0.6 is 0 Å². The van der Waals surface area contributed by atoms with Crippen molar-refractivity contribution in [1.82, 2.24) is 0 Å². The molecule has 0 radical (unpaired) electrons. The van der Waals surface area contributed by atoms with Crippen molar-refractivity contribution in [3.8, 4) is 0 Å². The second-order valence-corrected chi connectivity index (χ2v) is 6.69. The van der Waals surface area contributed by atoms with Crippen LogP contribution in [-0.2, 0) is 9.59 Å². The Balaban J connectivity index is 2.22. The first-order chi connectivity index (χ1) is 10.8. The Morgan fingerprint density at radius 2 is 1.61 bits per heavy atom. The number of aryl methyl sites for hydroxylation is 1. The molecule has 2 aromatic carbocycles. The van der Waals surface area contributed by atoms with E-state index >= 15 is 0 Å². The van der Waals surface area contributed by atoms with Crippen LogP contribution in [0.5, 0.6) is 0 Å². The molecule has 0 amide bonds. The van der Waals surface area contributed by atoms with Crippen molar-refractivity contribution in [3.05, 3.63) is 47.5 Å². The number of carbonyl (C=O) groups is 2. The molecule has 0 heterocycles. The predicted molar refractivity (Wildman–Crippen MR) is 92.7 cm³/mol. The molecule has 1 N–H and O–H groups in total. The van der Waals surface area contributed by atoms with Gasteiger partial charge in [0.1, 0.15) is 5.78 Å². The lowest BCUT2D eigenvalue weighted by molar-refractivity contribution is -0.145. The van der Waals surface area contributed by atoms with Crippen molar-refractivity contribution in [2.75, 3.05) is 0 Å². The number of benzene rings is 2. The topological polar surface area (TPSA) is 54.4 Å². The first-order valence-electron chi connectivity index (χ1n) is 8.05. The minimum Gasteiger partial charge on any atom is -0.481 e. The maximum absolute atomic E-state index is 12.5. The van der Waals surface area contributed by atoms with Crippen LogP contribution in [0.15, 0.2) is 36.4 Å². The fourth-order valence-electron chi connectivity index (χ4n) is 2.84. The number of hydrogen-bond donors (Lipinski definition) is 1. The normalized spacial score (nSPS) is 14.0. The van der Waals surface area contributed by atoms with Crippen molar-refractivity contribution in [1.29, 1.82) is 0 Å². The molecule has 3 heteroatoms. The van der Waals surface area contributed by atoms with Crippen molar-refractivity contribution in [3.63, 3.8) is 0 Å². The molecule has 0 unspecified atom stereocenters. The molecule has 0 fully saturated rings. The highest BCUT2D eigenvalue weighted by atomic mass is 16.4. The van der Waals surface area contributed by atoms with Gasteiger partial charge in [-0.2, -0.15) is 0 Å². The van der Waals surface area contributed by atoms with Gasteiger partial charge >= 0.3 is 5.97 Å². The minimum absolute atomic E-state index is 0.0161. The van der Waals surface area contributed by atoms with E-state index in [-0.39, 0.29) is 24.0 Å². The summed E-state index contributed by atoms with van der Waals surface area (Å²) in [7, 11) is 0. The van der Waals surface area contributed by atoms with Gasteiger partial charge in [0.25, 0.3) is 0 Å². The second-order valence-electron chi connectivity index (χ2n) is 6.69. The van der Waals surface area contributed by atoms with Crippen LogP contribution in [0.1, 0.15) is 44.2 Å². The Morgan fingerprint density at radius 3 is 2.22 bits per heavy atom. The second kappa shape index (κ2) is 6.95. The summed E-state index contributed by atoms with van der Waals surface area (Å²) >= 11 is 0. The quantitative estimate of drug-likeness (QED) is 0.850. The van der Waals surface area contributed by atoms with E-state index in [1.165, 1.54) is 5.56 Å². The zero-order valence-electron chi connectivity index (χ0n) is 14.2. The Kier molecular flexibility index (Phi) is 5.19. The van der Waals surface area contributed by atoms with Crippen molar-refractivity contribution >= 4 is 22.5 Å². The molecule has 23 heavy (non-hydrogen) atoms. The molecule has 3 nitrogen and oxygen atoms in total. The third-order valence-corrected chi connectivity index (χ3v) is 4.55. The van der Waals surface area contributed by atoms with E-state index in [4.69, 9.17) is 0 Å². The van der Waals surface area contributed by atoms with Crippen LogP contribution < -0.4 is 0 Å². The SMILES string of the molecule is Cc1ccc2cc([C@H](C)C(=O)C[C@H](C(=O)O)C(C)C)ccc2c1. The van der Waals surface area contributed by atoms with Gasteiger partial charge in [-0.3, -0.25) is 9.59 Å². The van der Waals surface area contributed by atoms with Crippen LogP contribution in [0.2, 0.25) is 0 Å². The van der Waals surface area contributed by atoms with E-state index in [0.717, 1.165) is 16.3 Å². The Hall–Kier alpha value is -2.16. The summed E-state index contributed by atoms with van der Waals surface area (Å²) in [6, 6.07) is 12.2. The molecule has 0 bridgehead atoms. The molecule has 2 rings (SSSR count). The lowest BCUT2D eigenvalue weighted by Gasteiger charge is -2.18. The van der Waals surface area contributed by atoms with Crippen LogP contribution in [-0.4, -0.2) is 16.9 Å². The van der Waals surface area contributed by atoms with Gasteiger partial charge in [0.15, 0.2) is 0 Å². The summed E-state index contributed by atoms with van der Waals surface area (Å²) in [4.78, 5) is 23.8. The summed E-state index contributed by atoms with van der Waals surface area (Å²) in [5, 5.41) is 11.5. The number of hydrogen-bond acceptors (Lipinski definition) is 2. The first kappa shape index (κ1) is 17.2. The number of carboxylic acid groups (broad SMARTS) is 1. The highest BCUT2D eigenvalue weighted by Gasteiger charge is 2.27. The number of rotatable bonds is 6. The zero-order chi connectivity index (χ0) is 17.1. The molecule has 0 aliphatic rings. The average Bonchev–Trinajstić information content (AvgIpc) is 2.50. The van der Waals surface area contributed by atoms with Gasteiger partial charge in [-0.05, 0) is 29.2 Å². The van der Waals surface area contributed by atoms with Crippen LogP contribution in [0.3, 0.4) is 0 Å². The minimum atomic E-state index is -0.894. The first-order valence-corrected chi connectivity index (χ1v) is 8.05.